The Balaban J connectivity index is 0.00000112. The molecule has 0 aromatic carbocycles. The van der Waals surface area contributed by atoms with Crippen molar-refractivity contribution in [1.29, 1.82) is 0 Å². The van der Waals surface area contributed by atoms with E-state index < -0.39 is 0 Å². The molecule has 1 amide bonds. The molecule has 1 aliphatic heterocycles. The summed E-state index contributed by atoms with van der Waals surface area (Å²) in [6.45, 7) is 1.34. The molecule has 1 fully saturated rings. The van der Waals surface area contributed by atoms with Gasteiger partial charge in [-0.15, -0.1) is 12.4 Å². The Hall–Kier alpha value is -1.20. The number of aromatic nitrogens is 2. The highest BCUT2D eigenvalue weighted by molar-refractivity contribution is 5.92. The van der Waals surface area contributed by atoms with Gasteiger partial charge in [-0.2, -0.15) is 0 Å². The molecular weight excluding hydrogens is 216 g/mol. The fraction of sp³-hybridized carbons (Fsp3) is 0.444. The summed E-state index contributed by atoms with van der Waals surface area (Å²) in [4.78, 5) is 21.3. The summed E-state index contributed by atoms with van der Waals surface area (Å²) < 4.78 is 0. The molecule has 0 radical (unpaired) electrons. The van der Waals surface area contributed by atoms with Gasteiger partial charge in [-0.3, -0.25) is 9.78 Å². The maximum atomic E-state index is 11.8. The number of carbonyl (C=O) groups excluding carboxylic acids is 1. The van der Waals surface area contributed by atoms with Gasteiger partial charge in [-0.05, 0) is 6.42 Å². The molecule has 1 aliphatic rings. The van der Waals surface area contributed by atoms with Crippen molar-refractivity contribution in [3.05, 3.63) is 24.3 Å². The SMILES string of the molecule is Cl.N[C@@H]1CCN(C(=O)c2cnccn2)C1. The first-order valence-corrected chi connectivity index (χ1v) is 4.58. The molecule has 1 aromatic heterocycles. The third-order valence-corrected chi connectivity index (χ3v) is 2.29. The minimum absolute atomic E-state index is 0. The summed E-state index contributed by atoms with van der Waals surface area (Å²) >= 11 is 0. The second-order valence-corrected chi connectivity index (χ2v) is 3.39. The molecule has 5 nitrogen and oxygen atoms in total. The van der Waals surface area contributed by atoms with Crippen molar-refractivity contribution >= 4 is 18.3 Å². The van der Waals surface area contributed by atoms with Crippen molar-refractivity contribution in [2.45, 2.75) is 12.5 Å². The predicted molar refractivity (Wildman–Crippen MR) is 57.8 cm³/mol. The van der Waals surface area contributed by atoms with E-state index in [-0.39, 0.29) is 24.4 Å². The van der Waals surface area contributed by atoms with Crippen molar-refractivity contribution in [3.8, 4) is 0 Å². The third kappa shape index (κ3) is 2.64. The molecule has 15 heavy (non-hydrogen) atoms. The van der Waals surface area contributed by atoms with Crippen molar-refractivity contribution in [3.63, 3.8) is 0 Å². The van der Waals surface area contributed by atoms with E-state index in [4.69, 9.17) is 5.73 Å². The molecule has 0 aliphatic carbocycles. The fourth-order valence-corrected chi connectivity index (χ4v) is 1.54. The van der Waals surface area contributed by atoms with Gasteiger partial charge < -0.3 is 10.6 Å². The lowest BCUT2D eigenvalue weighted by atomic mass is 10.3. The molecule has 82 valence electrons. The molecule has 2 rings (SSSR count). The quantitative estimate of drug-likeness (QED) is 0.739. The number of likely N-dealkylation sites (tertiary alicyclic amines) is 1. The van der Waals surface area contributed by atoms with Crippen LogP contribution < -0.4 is 5.73 Å². The van der Waals surface area contributed by atoms with Crippen molar-refractivity contribution in [2.75, 3.05) is 13.1 Å². The van der Waals surface area contributed by atoms with Gasteiger partial charge >= 0.3 is 0 Å². The van der Waals surface area contributed by atoms with E-state index >= 15 is 0 Å². The summed E-state index contributed by atoms with van der Waals surface area (Å²) in [5.41, 5.74) is 6.10. The van der Waals surface area contributed by atoms with E-state index in [1.807, 2.05) is 0 Å². The van der Waals surface area contributed by atoms with Gasteiger partial charge in [0.25, 0.3) is 5.91 Å². The number of carbonyl (C=O) groups is 1. The minimum Gasteiger partial charge on any atom is -0.336 e. The first-order chi connectivity index (χ1) is 6.77. The van der Waals surface area contributed by atoms with Crippen LogP contribution in [0.4, 0.5) is 0 Å². The van der Waals surface area contributed by atoms with Crippen LogP contribution in [0.5, 0.6) is 0 Å². The first kappa shape index (κ1) is 11.9. The van der Waals surface area contributed by atoms with E-state index in [0.717, 1.165) is 13.0 Å². The van der Waals surface area contributed by atoms with Crippen LogP contribution in [0.25, 0.3) is 0 Å². The standard InChI is InChI=1S/C9H12N4O.ClH/c10-7-1-4-13(6-7)9(14)8-5-11-2-3-12-8;/h2-3,5,7H,1,4,6,10H2;1H/t7-;/m1./s1. The number of nitrogens with zero attached hydrogens (tertiary/aromatic N) is 3. The van der Waals surface area contributed by atoms with Gasteiger partial charge in [0.1, 0.15) is 5.69 Å². The Labute approximate surface area is 94.1 Å². The van der Waals surface area contributed by atoms with Crippen molar-refractivity contribution in [2.24, 2.45) is 5.73 Å². The van der Waals surface area contributed by atoms with Gasteiger partial charge in [0.2, 0.25) is 0 Å². The second kappa shape index (κ2) is 5.04. The summed E-state index contributed by atoms with van der Waals surface area (Å²) in [7, 11) is 0. The van der Waals surface area contributed by atoms with Crippen LogP contribution in [-0.2, 0) is 0 Å². The number of rotatable bonds is 1. The monoisotopic (exact) mass is 228 g/mol. The largest absolute Gasteiger partial charge is 0.336 e. The van der Waals surface area contributed by atoms with Crippen LogP contribution in [0.2, 0.25) is 0 Å². The summed E-state index contributed by atoms with van der Waals surface area (Å²) in [6.07, 6.45) is 5.41. The molecule has 0 spiro atoms. The Bertz CT molecular complexity index is 332. The number of hydrogen-bond donors (Lipinski definition) is 1. The Morgan fingerprint density at radius 3 is 2.87 bits per heavy atom. The van der Waals surface area contributed by atoms with E-state index in [9.17, 15) is 4.79 Å². The molecule has 0 saturated carbocycles. The Morgan fingerprint density at radius 2 is 2.33 bits per heavy atom. The Morgan fingerprint density at radius 1 is 1.53 bits per heavy atom. The van der Waals surface area contributed by atoms with E-state index in [2.05, 4.69) is 9.97 Å². The summed E-state index contributed by atoms with van der Waals surface area (Å²) in [5.74, 6) is -0.0777. The first-order valence-electron chi connectivity index (χ1n) is 4.58. The molecule has 1 aromatic rings. The van der Waals surface area contributed by atoms with Gasteiger partial charge in [0, 0.05) is 31.5 Å². The zero-order valence-electron chi connectivity index (χ0n) is 8.17. The van der Waals surface area contributed by atoms with Crippen LogP contribution in [0, 0.1) is 0 Å². The second-order valence-electron chi connectivity index (χ2n) is 3.39. The average molecular weight is 229 g/mol. The lowest BCUT2D eigenvalue weighted by Crippen LogP contribution is -2.32. The molecule has 0 bridgehead atoms. The van der Waals surface area contributed by atoms with E-state index in [0.29, 0.717) is 12.2 Å². The van der Waals surface area contributed by atoms with Crippen LogP contribution in [0.1, 0.15) is 16.9 Å². The summed E-state index contributed by atoms with van der Waals surface area (Å²) in [6, 6.07) is 0.107. The lowest BCUT2D eigenvalue weighted by Gasteiger charge is -2.14. The summed E-state index contributed by atoms with van der Waals surface area (Å²) in [5, 5.41) is 0. The fourth-order valence-electron chi connectivity index (χ4n) is 1.54. The number of halogens is 1. The smallest absolute Gasteiger partial charge is 0.274 e. The van der Waals surface area contributed by atoms with Gasteiger partial charge in [0.15, 0.2) is 0 Å². The van der Waals surface area contributed by atoms with Crippen LogP contribution in [0.3, 0.4) is 0 Å². The number of amides is 1. The lowest BCUT2D eigenvalue weighted by molar-refractivity contribution is 0.0784. The topological polar surface area (TPSA) is 72.1 Å². The molecule has 2 N–H and O–H groups in total. The Kier molecular flexibility index (Phi) is 3.99. The van der Waals surface area contributed by atoms with E-state index in [1.165, 1.54) is 12.4 Å². The maximum absolute atomic E-state index is 11.8. The highest BCUT2D eigenvalue weighted by Crippen LogP contribution is 2.09. The predicted octanol–water partition coefficient (Wildman–Crippen LogP) is 0.0716. The molecule has 2 heterocycles. The molecular formula is C9H13ClN4O. The molecule has 6 heteroatoms. The highest BCUT2D eigenvalue weighted by atomic mass is 35.5. The van der Waals surface area contributed by atoms with Crippen molar-refractivity contribution in [1.82, 2.24) is 14.9 Å². The van der Waals surface area contributed by atoms with Gasteiger partial charge in [-0.1, -0.05) is 0 Å². The number of nitrogens with two attached hydrogens (primary N) is 1. The minimum atomic E-state index is -0.0777. The van der Waals surface area contributed by atoms with Crippen molar-refractivity contribution < 1.29 is 4.79 Å². The van der Waals surface area contributed by atoms with Crippen LogP contribution >= 0.6 is 12.4 Å². The van der Waals surface area contributed by atoms with E-state index in [1.54, 1.807) is 11.1 Å². The van der Waals surface area contributed by atoms with Crippen LogP contribution in [0.15, 0.2) is 18.6 Å². The normalized spacial score (nSPS) is 19.8. The van der Waals surface area contributed by atoms with Crippen LogP contribution in [-0.4, -0.2) is 39.9 Å². The van der Waals surface area contributed by atoms with Gasteiger partial charge in [-0.25, -0.2) is 4.98 Å². The highest BCUT2D eigenvalue weighted by Gasteiger charge is 2.25. The number of hydrogen-bond acceptors (Lipinski definition) is 4. The average Bonchev–Trinajstić information content (AvgIpc) is 2.65. The maximum Gasteiger partial charge on any atom is 0.274 e. The third-order valence-electron chi connectivity index (χ3n) is 2.29. The molecule has 1 saturated heterocycles. The molecule has 0 unspecified atom stereocenters. The zero-order chi connectivity index (χ0) is 9.97. The molecule has 1 atom stereocenters. The van der Waals surface area contributed by atoms with Gasteiger partial charge in [0.05, 0.1) is 6.20 Å². The zero-order valence-corrected chi connectivity index (χ0v) is 8.98.